The lowest BCUT2D eigenvalue weighted by atomic mass is 10.3. The van der Waals surface area contributed by atoms with Crippen LogP contribution in [0.15, 0.2) is 54.6 Å². The molecule has 0 fully saturated rings. The van der Waals surface area contributed by atoms with Crippen molar-refractivity contribution >= 4 is 17.4 Å². The van der Waals surface area contributed by atoms with Crippen molar-refractivity contribution < 1.29 is 9.90 Å². The highest BCUT2D eigenvalue weighted by atomic mass is 16.3. The third-order valence-corrected chi connectivity index (χ3v) is 2.59. The molecule has 0 radical (unpaired) electrons. The molecule has 2 aromatic carbocycles. The van der Waals surface area contributed by atoms with Gasteiger partial charge in [-0.05, 0) is 24.3 Å². The molecule has 0 heterocycles. The molecule has 92 valence electrons. The molecule has 0 aliphatic heterocycles. The van der Waals surface area contributed by atoms with Crippen molar-refractivity contribution in [3.8, 4) is 5.75 Å². The molecule has 4 heteroatoms. The monoisotopic (exact) mass is 242 g/mol. The van der Waals surface area contributed by atoms with Gasteiger partial charge in [0.2, 0.25) is 0 Å². The van der Waals surface area contributed by atoms with Crippen molar-refractivity contribution in [1.82, 2.24) is 0 Å². The number of phenols is 1. The molecule has 2 N–H and O–H groups in total. The van der Waals surface area contributed by atoms with E-state index in [2.05, 4.69) is 5.32 Å². The first-order valence-corrected chi connectivity index (χ1v) is 5.56. The van der Waals surface area contributed by atoms with E-state index in [1.807, 2.05) is 30.3 Å². The average molecular weight is 242 g/mol. The number of carbonyl (C=O) groups excluding carboxylic acids is 1. The highest BCUT2D eigenvalue weighted by Gasteiger charge is 2.11. The van der Waals surface area contributed by atoms with Gasteiger partial charge < -0.3 is 10.4 Å². The Labute approximate surface area is 105 Å². The largest absolute Gasteiger partial charge is 0.506 e. The van der Waals surface area contributed by atoms with Gasteiger partial charge >= 0.3 is 6.03 Å². The standard InChI is InChI=1S/C14H14N2O2/c1-16(11-7-3-2-4-8-11)14(18)15-12-9-5-6-10-13(12)17/h2-10,17H,1H3,(H,15,18). The molecule has 0 bridgehead atoms. The van der Waals surface area contributed by atoms with Gasteiger partial charge in [0, 0.05) is 12.7 Å². The lowest BCUT2D eigenvalue weighted by Crippen LogP contribution is -2.31. The topological polar surface area (TPSA) is 52.6 Å². The van der Waals surface area contributed by atoms with Gasteiger partial charge in [-0.2, -0.15) is 0 Å². The number of rotatable bonds is 2. The fourth-order valence-electron chi connectivity index (χ4n) is 1.55. The van der Waals surface area contributed by atoms with E-state index in [0.29, 0.717) is 5.69 Å². The number of phenolic OH excluding ortho intramolecular Hbond substituents is 1. The van der Waals surface area contributed by atoms with Crippen LogP contribution in [0.1, 0.15) is 0 Å². The van der Waals surface area contributed by atoms with Gasteiger partial charge in [0.15, 0.2) is 0 Å². The fourth-order valence-corrected chi connectivity index (χ4v) is 1.55. The number of amides is 2. The zero-order valence-corrected chi connectivity index (χ0v) is 10.00. The van der Waals surface area contributed by atoms with E-state index in [1.54, 1.807) is 25.2 Å². The maximum atomic E-state index is 12.0. The van der Waals surface area contributed by atoms with Crippen LogP contribution in [0, 0.1) is 0 Å². The number of para-hydroxylation sites is 3. The summed E-state index contributed by atoms with van der Waals surface area (Å²) >= 11 is 0. The molecule has 0 saturated heterocycles. The van der Waals surface area contributed by atoms with Crippen LogP contribution < -0.4 is 10.2 Å². The molecule has 0 unspecified atom stereocenters. The molecule has 2 rings (SSSR count). The number of carbonyl (C=O) groups is 1. The Morgan fingerprint density at radius 3 is 2.33 bits per heavy atom. The highest BCUT2D eigenvalue weighted by molar-refractivity contribution is 6.02. The first-order chi connectivity index (χ1) is 8.68. The van der Waals surface area contributed by atoms with Gasteiger partial charge in [-0.3, -0.25) is 4.90 Å². The zero-order chi connectivity index (χ0) is 13.0. The van der Waals surface area contributed by atoms with Gasteiger partial charge in [0.25, 0.3) is 0 Å². The van der Waals surface area contributed by atoms with E-state index >= 15 is 0 Å². The number of anilines is 2. The summed E-state index contributed by atoms with van der Waals surface area (Å²) in [5.74, 6) is 0.0484. The Bertz CT molecular complexity index is 541. The molecule has 0 atom stereocenters. The first-order valence-electron chi connectivity index (χ1n) is 5.56. The average Bonchev–Trinajstić information content (AvgIpc) is 2.41. The van der Waals surface area contributed by atoms with Crippen LogP contribution in [0.3, 0.4) is 0 Å². The molecule has 4 nitrogen and oxygen atoms in total. The summed E-state index contributed by atoms with van der Waals surface area (Å²) in [5, 5.41) is 12.2. The molecular formula is C14H14N2O2. The van der Waals surface area contributed by atoms with E-state index in [4.69, 9.17) is 0 Å². The van der Waals surface area contributed by atoms with Crippen LogP contribution >= 0.6 is 0 Å². The van der Waals surface area contributed by atoms with Gasteiger partial charge in [0.1, 0.15) is 5.75 Å². The van der Waals surface area contributed by atoms with E-state index in [-0.39, 0.29) is 11.8 Å². The fraction of sp³-hybridized carbons (Fsp3) is 0.0714. The van der Waals surface area contributed by atoms with E-state index in [0.717, 1.165) is 5.69 Å². The Morgan fingerprint density at radius 2 is 1.67 bits per heavy atom. The van der Waals surface area contributed by atoms with Crippen molar-refractivity contribution in [2.24, 2.45) is 0 Å². The van der Waals surface area contributed by atoms with Crippen LogP contribution in [0.4, 0.5) is 16.2 Å². The predicted molar refractivity (Wildman–Crippen MR) is 72.0 cm³/mol. The molecule has 0 aromatic heterocycles. The second-order valence-electron chi connectivity index (χ2n) is 3.84. The van der Waals surface area contributed by atoms with Gasteiger partial charge in [0.05, 0.1) is 5.69 Å². The third kappa shape index (κ3) is 2.60. The SMILES string of the molecule is CN(C(=O)Nc1ccccc1O)c1ccccc1. The van der Waals surface area contributed by atoms with Gasteiger partial charge in [-0.15, -0.1) is 0 Å². The molecule has 2 amide bonds. The molecule has 18 heavy (non-hydrogen) atoms. The second-order valence-corrected chi connectivity index (χ2v) is 3.84. The molecular weight excluding hydrogens is 228 g/mol. The summed E-state index contributed by atoms with van der Waals surface area (Å²) in [6.45, 7) is 0. The van der Waals surface area contributed by atoms with E-state index < -0.39 is 0 Å². The number of hydrogen-bond acceptors (Lipinski definition) is 2. The van der Waals surface area contributed by atoms with Crippen LogP contribution in [0.5, 0.6) is 5.75 Å². The Hall–Kier alpha value is -2.49. The maximum Gasteiger partial charge on any atom is 0.326 e. The summed E-state index contributed by atoms with van der Waals surface area (Å²) in [4.78, 5) is 13.4. The number of hydrogen-bond donors (Lipinski definition) is 2. The van der Waals surface area contributed by atoms with E-state index in [1.165, 1.54) is 11.0 Å². The zero-order valence-electron chi connectivity index (χ0n) is 10.00. The minimum Gasteiger partial charge on any atom is -0.506 e. The summed E-state index contributed by atoms with van der Waals surface area (Å²) < 4.78 is 0. The number of aromatic hydroxyl groups is 1. The lowest BCUT2D eigenvalue weighted by Gasteiger charge is -2.18. The van der Waals surface area contributed by atoms with Gasteiger partial charge in [-0.1, -0.05) is 30.3 Å². The van der Waals surface area contributed by atoms with Crippen molar-refractivity contribution in [3.63, 3.8) is 0 Å². The summed E-state index contributed by atoms with van der Waals surface area (Å²) in [5.41, 5.74) is 1.18. The van der Waals surface area contributed by atoms with Gasteiger partial charge in [-0.25, -0.2) is 4.79 Å². The first kappa shape index (κ1) is 12.0. The Kier molecular flexibility index (Phi) is 3.48. The Morgan fingerprint density at radius 1 is 1.06 bits per heavy atom. The van der Waals surface area contributed by atoms with Crippen molar-refractivity contribution in [3.05, 3.63) is 54.6 Å². The molecule has 0 aliphatic carbocycles. The van der Waals surface area contributed by atoms with Crippen LogP contribution in [0.25, 0.3) is 0 Å². The number of nitrogens with zero attached hydrogens (tertiary/aromatic N) is 1. The number of nitrogens with one attached hydrogen (secondary N) is 1. The van der Waals surface area contributed by atoms with Crippen LogP contribution in [-0.2, 0) is 0 Å². The Balaban J connectivity index is 2.12. The maximum absolute atomic E-state index is 12.0. The van der Waals surface area contributed by atoms with E-state index in [9.17, 15) is 9.90 Å². The second kappa shape index (κ2) is 5.23. The molecule has 0 saturated carbocycles. The molecule has 2 aromatic rings. The number of benzene rings is 2. The predicted octanol–water partition coefficient (Wildman–Crippen LogP) is 3.06. The summed E-state index contributed by atoms with van der Waals surface area (Å²) in [6, 6.07) is 15.6. The minimum atomic E-state index is -0.303. The summed E-state index contributed by atoms with van der Waals surface area (Å²) in [6.07, 6.45) is 0. The summed E-state index contributed by atoms with van der Waals surface area (Å²) in [7, 11) is 1.67. The van der Waals surface area contributed by atoms with Crippen molar-refractivity contribution in [2.45, 2.75) is 0 Å². The normalized spacial score (nSPS) is 9.83. The minimum absolute atomic E-state index is 0.0484. The van der Waals surface area contributed by atoms with Crippen molar-refractivity contribution in [2.75, 3.05) is 17.3 Å². The number of urea groups is 1. The van der Waals surface area contributed by atoms with Crippen LogP contribution in [0.2, 0.25) is 0 Å². The smallest absolute Gasteiger partial charge is 0.326 e. The lowest BCUT2D eigenvalue weighted by molar-refractivity contribution is 0.258. The van der Waals surface area contributed by atoms with Crippen LogP contribution in [-0.4, -0.2) is 18.2 Å². The quantitative estimate of drug-likeness (QED) is 0.795. The van der Waals surface area contributed by atoms with Crippen molar-refractivity contribution in [1.29, 1.82) is 0 Å². The molecule has 0 spiro atoms. The third-order valence-electron chi connectivity index (χ3n) is 2.59. The molecule has 0 aliphatic rings. The highest BCUT2D eigenvalue weighted by Crippen LogP contribution is 2.22.